The highest BCUT2D eigenvalue weighted by Gasteiger charge is 2.31. The van der Waals surface area contributed by atoms with E-state index < -0.39 is 6.10 Å². The van der Waals surface area contributed by atoms with Gasteiger partial charge in [-0.3, -0.25) is 4.79 Å². The summed E-state index contributed by atoms with van der Waals surface area (Å²) in [6, 6.07) is 7.40. The molecule has 1 amide bonds. The summed E-state index contributed by atoms with van der Waals surface area (Å²) >= 11 is 0. The van der Waals surface area contributed by atoms with Gasteiger partial charge in [0.25, 0.3) is 5.91 Å². The zero-order valence-electron chi connectivity index (χ0n) is 13.2. The van der Waals surface area contributed by atoms with Gasteiger partial charge in [-0.1, -0.05) is 6.07 Å². The summed E-state index contributed by atoms with van der Waals surface area (Å²) in [5.41, 5.74) is 0.626. The molecular weight excluding hydrogens is 278 g/mol. The van der Waals surface area contributed by atoms with Crippen LogP contribution >= 0.6 is 0 Å². The van der Waals surface area contributed by atoms with Gasteiger partial charge < -0.3 is 14.7 Å². The van der Waals surface area contributed by atoms with Crippen LogP contribution in [0.15, 0.2) is 24.3 Å². The lowest BCUT2D eigenvalue weighted by Gasteiger charge is -2.21. The topological polar surface area (TPSA) is 49.8 Å². The van der Waals surface area contributed by atoms with Crippen LogP contribution in [0.3, 0.4) is 0 Å². The summed E-state index contributed by atoms with van der Waals surface area (Å²) in [5.74, 6) is 1.10. The summed E-state index contributed by atoms with van der Waals surface area (Å²) in [6.07, 6.45) is 6.71. The third-order valence-corrected chi connectivity index (χ3v) is 4.66. The van der Waals surface area contributed by atoms with Crippen molar-refractivity contribution in [2.75, 3.05) is 13.6 Å². The zero-order chi connectivity index (χ0) is 15.5. The first kappa shape index (κ1) is 15.3. The number of rotatable bonds is 6. The molecule has 2 aliphatic carbocycles. The van der Waals surface area contributed by atoms with Crippen molar-refractivity contribution in [2.24, 2.45) is 5.92 Å². The minimum Gasteiger partial charge on any atom is -0.490 e. The second-order valence-electron chi connectivity index (χ2n) is 6.64. The predicted octanol–water partition coefficient (Wildman–Crippen LogP) is 2.85. The summed E-state index contributed by atoms with van der Waals surface area (Å²) < 4.78 is 5.96. The van der Waals surface area contributed by atoms with Gasteiger partial charge in [0.15, 0.2) is 0 Å². The predicted molar refractivity (Wildman–Crippen MR) is 85.0 cm³/mol. The number of aliphatic hydroxyl groups is 1. The van der Waals surface area contributed by atoms with E-state index in [4.69, 9.17) is 4.74 Å². The quantitative estimate of drug-likeness (QED) is 0.879. The van der Waals surface area contributed by atoms with Crippen molar-refractivity contribution in [3.8, 4) is 5.75 Å². The van der Waals surface area contributed by atoms with Crippen LogP contribution in [0.4, 0.5) is 0 Å². The first-order valence-electron chi connectivity index (χ1n) is 8.34. The summed E-state index contributed by atoms with van der Waals surface area (Å²) in [5, 5.41) is 9.98. The van der Waals surface area contributed by atoms with Gasteiger partial charge >= 0.3 is 0 Å². The lowest BCUT2D eigenvalue weighted by molar-refractivity contribution is 0.0645. The molecule has 1 N–H and O–H groups in total. The molecule has 0 heterocycles. The molecule has 1 aromatic carbocycles. The number of aliphatic hydroxyl groups excluding tert-OH is 1. The molecule has 2 aliphatic rings. The molecule has 2 fully saturated rings. The molecule has 1 atom stereocenters. The molecule has 0 radical (unpaired) electrons. The normalized spacial score (nSPS) is 19.9. The summed E-state index contributed by atoms with van der Waals surface area (Å²) in [6.45, 7) is 0.400. The van der Waals surface area contributed by atoms with Crippen LogP contribution in [0.2, 0.25) is 0 Å². The molecule has 0 saturated heterocycles. The van der Waals surface area contributed by atoms with Gasteiger partial charge in [-0.15, -0.1) is 0 Å². The van der Waals surface area contributed by atoms with Crippen LogP contribution in [0.1, 0.15) is 48.9 Å². The summed E-state index contributed by atoms with van der Waals surface area (Å²) in [7, 11) is 1.75. The Bertz CT molecular complexity index is 521. The van der Waals surface area contributed by atoms with Gasteiger partial charge in [-0.2, -0.15) is 0 Å². The van der Waals surface area contributed by atoms with E-state index in [9.17, 15) is 9.90 Å². The first-order valence-corrected chi connectivity index (χ1v) is 8.34. The monoisotopic (exact) mass is 303 g/mol. The van der Waals surface area contributed by atoms with Crippen LogP contribution in [0.25, 0.3) is 0 Å². The first-order chi connectivity index (χ1) is 10.6. The lowest BCUT2D eigenvalue weighted by Crippen LogP contribution is -2.35. The van der Waals surface area contributed by atoms with Gasteiger partial charge in [-0.25, -0.2) is 0 Å². The molecule has 0 bridgehead atoms. The van der Waals surface area contributed by atoms with E-state index in [1.807, 2.05) is 24.3 Å². The number of hydrogen-bond donors (Lipinski definition) is 1. The maximum absolute atomic E-state index is 12.5. The van der Waals surface area contributed by atoms with Gasteiger partial charge in [0.2, 0.25) is 0 Å². The SMILES string of the molecule is CN(CC(O)C1CC1)C(=O)c1cccc(OC2CCCC2)c1. The third-order valence-electron chi connectivity index (χ3n) is 4.66. The Labute approximate surface area is 132 Å². The fraction of sp³-hybridized carbons (Fsp3) is 0.611. The largest absolute Gasteiger partial charge is 0.490 e. The molecule has 2 saturated carbocycles. The molecular formula is C18H25NO3. The number of likely N-dealkylation sites (N-methyl/N-ethyl adjacent to an activating group) is 1. The van der Waals surface area contributed by atoms with E-state index in [2.05, 4.69) is 0 Å². The number of amides is 1. The molecule has 4 heteroatoms. The van der Waals surface area contributed by atoms with E-state index in [1.165, 1.54) is 12.8 Å². The fourth-order valence-electron chi connectivity index (χ4n) is 3.12. The van der Waals surface area contributed by atoms with Crippen LogP contribution in [0, 0.1) is 5.92 Å². The van der Waals surface area contributed by atoms with E-state index >= 15 is 0 Å². The van der Waals surface area contributed by atoms with Gasteiger partial charge in [0.05, 0.1) is 12.2 Å². The lowest BCUT2D eigenvalue weighted by atomic mass is 10.1. The minimum absolute atomic E-state index is 0.0587. The average molecular weight is 303 g/mol. The molecule has 0 aromatic heterocycles. The Kier molecular flexibility index (Phi) is 4.67. The Morgan fingerprint density at radius 1 is 1.32 bits per heavy atom. The van der Waals surface area contributed by atoms with Gasteiger partial charge in [0, 0.05) is 19.2 Å². The highest BCUT2D eigenvalue weighted by Crippen LogP contribution is 2.33. The second kappa shape index (κ2) is 6.69. The maximum atomic E-state index is 12.5. The third kappa shape index (κ3) is 3.80. The van der Waals surface area contributed by atoms with Crippen molar-refractivity contribution in [1.29, 1.82) is 0 Å². The van der Waals surface area contributed by atoms with E-state index in [1.54, 1.807) is 11.9 Å². The highest BCUT2D eigenvalue weighted by molar-refractivity contribution is 5.94. The number of benzene rings is 1. The molecule has 1 aromatic rings. The molecule has 1 unspecified atom stereocenters. The number of nitrogens with zero attached hydrogens (tertiary/aromatic N) is 1. The van der Waals surface area contributed by atoms with Crippen LogP contribution in [0.5, 0.6) is 5.75 Å². The Morgan fingerprint density at radius 3 is 2.73 bits per heavy atom. The molecule has 120 valence electrons. The smallest absolute Gasteiger partial charge is 0.253 e. The van der Waals surface area contributed by atoms with E-state index in [-0.39, 0.29) is 5.91 Å². The van der Waals surface area contributed by atoms with Crippen LogP contribution < -0.4 is 4.74 Å². The van der Waals surface area contributed by atoms with E-state index in [0.29, 0.717) is 24.1 Å². The maximum Gasteiger partial charge on any atom is 0.253 e. The molecule has 0 spiro atoms. The van der Waals surface area contributed by atoms with Crippen molar-refractivity contribution in [3.63, 3.8) is 0 Å². The number of carbonyl (C=O) groups excluding carboxylic acids is 1. The van der Waals surface area contributed by atoms with E-state index in [0.717, 1.165) is 31.4 Å². The number of carbonyl (C=O) groups is 1. The Morgan fingerprint density at radius 2 is 2.05 bits per heavy atom. The standard InChI is InChI=1S/C18H25NO3/c1-19(12-17(20)13-9-10-13)18(21)14-5-4-8-16(11-14)22-15-6-2-3-7-15/h4-5,8,11,13,15,17,20H,2-3,6-7,9-10,12H2,1H3. The van der Waals surface area contributed by atoms with Gasteiger partial charge in [-0.05, 0) is 62.6 Å². The van der Waals surface area contributed by atoms with Crippen molar-refractivity contribution < 1.29 is 14.6 Å². The second-order valence-corrected chi connectivity index (χ2v) is 6.64. The van der Waals surface area contributed by atoms with Crippen molar-refractivity contribution in [3.05, 3.63) is 29.8 Å². The Balaban J connectivity index is 1.61. The van der Waals surface area contributed by atoms with Gasteiger partial charge in [0.1, 0.15) is 5.75 Å². The Hall–Kier alpha value is -1.55. The van der Waals surface area contributed by atoms with Crippen molar-refractivity contribution >= 4 is 5.91 Å². The highest BCUT2D eigenvalue weighted by atomic mass is 16.5. The zero-order valence-corrected chi connectivity index (χ0v) is 13.2. The molecule has 4 nitrogen and oxygen atoms in total. The molecule has 22 heavy (non-hydrogen) atoms. The number of hydrogen-bond acceptors (Lipinski definition) is 3. The molecule has 3 rings (SSSR count). The van der Waals surface area contributed by atoms with Crippen LogP contribution in [-0.2, 0) is 0 Å². The van der Waals surface area contributed by atoms with Crippen LogP contribution in [-0.4, -0.2) is 41.7 Å². The molecule has 0 aliphatic heterocycles. The average Bonchev–Trinajstić information content (AvgIpc) is 3.25. The number of ether oxygens (including phenoxy) is 1. The fourth-order valence-corrected chi connectivity index (χ4v) is 3.12. The van der Waals surface area contributed by atoms with Crippen molar-refractivity contribution in [1.82, 2.24) is 4.90 Å². The van der Waals surface area contributed by atoms with Crippen molar-refractivity contribution in [2.45, 2.75) is 50.7 Å². The minimum atomic E-state index is -0.396. The summed E-state index contributed by atoms with van der Waals surface area (Å²) in [4.78, 5) is 14.1.